The van der Waals surface area contributed by atoms with Crippen LogP contribution in [-0.2, 0) is 4.79 Å². The van der Waals surface area contributed by atoms with E-state index in [0.29, 0.717) is 22.8 Å². The molecule has 1 aromatic carbocycles. The fourth-order valence-corrected chi connectivity index (χ4v) is 2.32. The molecule has 0 aliphatic rings. The lowest BCUT2D eigenvalue weighted by Gasteiger charge is -2.26. The van der Waals surface area contributed by atoms with Gasteiger partial charge in [-0.2, -0.15) is 0 Å². The van der Waals surface area contributed by atoms with Crippen LogP contribution in [0.3, 0.4) is 0 Å². The van der Waals surface area contributed by atoms with Gasteiger partial charge in [0.1, 0.15) is 5.75 Å². The lowest BCUT2D eigenvalue weighted by atomic mass is 9.82. The third kappa shape index (κ3) is 4.73. The molecular weight excluding hydrogens is 268 g/mol. The first-order valence-electron chi connectivity index (χ1n) is 5.98. The molecule has 106 valence electrons. The van der Waals surface area contributed by atoms with E-state index >= 15 is 0 Å². The van der Waals surface area contributed by atoms with Crippen LogP contribution in [0.25, 0.3) is 0 Å². The van der Waals surface area contributed by atoms with E-state index in [4.69, 9.17) is 21.4 Å². The Morgan fingerprint density at radius 1 is 1.47 bits per heavy atom. The Kier molecular flexibility index (Phi) is 5.20. The summed E-state index contributed by atoms with van der Waals surface area (Å²) in [7, 11) is 1.54. The maximum Gasteiger partial charge on any atom is 0.303 e. The molecule has 0 bridgehead atoms. The van der Waals surface area contributed by atoms with Crippen LogP contribution in [0, 0.1) is 5.41 Å². The van der Waals surface area contributed by atoms with Gasteiger partial charge in [0.25, 0.3) is 0 Å². The molecule has 19 heavy (non-hydrogen) atoms. The number of hydrogen-bond acceptors (Lipinski definition) is 3. The van der Waals surface area contributed by atoms with Crippen molar-refractivity contribution >= 4 is 17.6 Å². The van der Waals surface area contributed by atoms with E-state index in [0.717, 1.165) is 0 Å². The van der Waals surface area contributed by atoms with Gasteiger partial charge in [0.05, 0.1) is 24.7 Å². The summed E-state index contributed by atoms with van der Waals surface area (Å²) in [4.78, 5) is 10.8. The zero-order chi connectivity index (χ0) is 14.6. The fourth-order valence-electron chi connectivity index (χ4n) is 2.02. The van der Waals surface area contributed by atoms with Crippen LogP contribution in [0.5, 0.6) is 5.75 Å². The van der Waals surface area contributed by atoms with Crippen molar-refractivity contribution in [3.8, 4) is 5.75 Å². The van der Waals surface area contributed by atoms with Crippen molar-refractivity contribution in [2.45, 2.75) is 32.8 Å². The van der Waals surface area contributed by atoms with Gasteiger partial charge in [0.15, 0.2) is 0 Å². The van der Waals surface area contributed by atoms with Gasteiger partial charge in [-0.05, 0) is 29.5 Å². The minimum atomic E-state index is -0.877. The number of aliphatic hydroxyl groups excluding tert-OH is 1. The Bertz CT molecular complexity index is 457. The first-order chi connectivity index (χ1) is 8.75. The molecule has 0 heterocycles. The standard InChI is InChI=1S/C14H19ClO4/c1-14(2,8-13(17)18)7-12(16)10-5-4-9(19-3)6-11(10)15/h4-6,12,16H,7-8H2,1-3H3,(H,17,18). The molecule has 1 rings (SSSR count). The largest absolute Gasteiger partial charge is 0.497 e. The van der Waals surface area contributed by atoms with Crippen molar-refractivity contribution in [2.24, 2.45) is 5.41 Å². The zero-order valence-electron chi connectivity index (χ0n) is 11.3. The van der Waals surface area contributed by atoms with Gasteiger partial charge >= 0.3 is 5.97 Å². The minimum Gasteiger partial charge on any atom is -0.497 e. The van der Waals surface area contributed by atoms with E-state index in [2.05, 4.69) is 0 Å². The number of ether oxygens (including phenoxy) is 1. The maximum absolute atomic E-state index is 10.8. The molecule has 0 fully saturated rings. The quantitative estimate of drug-likeness (QED) is 0.842. The molecule has 0 radical (unpaired) electrons. The highest BCUT2D eigenvalue weighted by molar-refractivity contribution is 6.31. The third-order valence-corrected chi connectivity index (χ3v) is 3.27. The number of benzene rings is 1. The van der Waals surface area contributed by atoms with Gasteiger partial charge in [0, 0.05) is 0 Å². The van der Waals surface area contributed by atoms with E-state index in [1.54, 1.807) is 18.2 Å². The number of aliphatic hydroxyl groups is 1. The van der Waals surface area contributed by atoms with Gasteiger partial charge in [-0.1, -0.05) is 31.5 Å². The highest BCUT2D eigenvalue weighted by atomic mass is 35.5. The number of carbonyl (C=O) groups is 1. The highest BCUT2D eigenvalue weighted by Gasteiger charge is 2.27. The van der Waals surface area contributed by atoms with Crippen LogP contribution in [0.1, 0.15) is 38.4 Å². The van der Waals surface area contributed by atoms with Crippen molar-refractivity contribution in [3.05, 3.63) is 28.8 Å². The van der Waals surface area contributed by atoms with E-state index in [1.165, 1.54) is 7.11 Å². The molecule has 2 N–H and O–H groups in total. The summed E-state index contributed by atoms with van der Waals surface area (Å²) in [6.07, 6.45) is -0.476. The average molecular weight is 287 g/mol. The highest BCUT2D eigenvalue weighted by Crippen LogP contribution is 2.36. The molecule has 0 aliphatic heterocycles. The van der Waals surface area contributed by atoms with Crippen molar-refractivity contribution in [3.63, 3.8) is 0 Å². The number of methoxy groups -OCH3 is 1. The van der Waals surface area contributed by atoms with Crippen molar-refractivity contribution < 1.29 is 19.7 Å². The summed E-state index contributed by atoms with van der Waals surface area (Å²) in [5.41, 5.74) is 0.0787. The number of rotatable bonds is 6. The van der Waals surface area contributed by atoms with E-state index in [9.17, 15) is 9.90 Å². The summed E-state index contributed by atoms with van der Waals surface area (Å²) in [5.74, 6) is -0.260. The van der Waals surface area contributed by atoms with E-state index < -0.39 is 17.5 Å². The predicted octanol–water partition coefficient (Wildman–Crippen LogP) is 3.27. The lowest BCUT2D eigenvalue weighted by molar-refractivity contribution is -0.139. The lowest BCUT2D eigenvalue weighted by Crippen LogP contribution is -2.20. The second-order valence-corrected chi connectivity index (χ2v) is 5.75. The monoisotopic (exact) mass is 286 g/mol. The SMILES string of the molecule is COc1ccc(C(O)CC(C)(C)CC(=O)O)c(Cl)c1. The molecule has 1 unspecified atom stereocenters. The molecule has 0 saturated heterocycles. The smallest absolute Gasteiger partial charge is 0.303 e. The fraction of sp³-hybridized carbons (Fsp3) is 0.500. The number of carboxylic acid groups (broad SMARTS) is 1. The Balaban J connectivity index is 2.83. The summed E-state index contributed by atoms with van der Waals surface area (Å²) < 4.78 is 5.04. The van der Waals surface area contributed by atoms with E-state index in [-0.39, 0.29) is 6.42 Å². The first-order valence-corrected chi connectivity index (χ1v) is 6.36. The number of halogens is 1. The molecule has 0 aromatic heterocycles. The van der Waals surface area contributed by atoms with Crippen molar-refractivity contribution in [1.82, 2.24) is 0 Å². The minimum absolute atomic E-state index is 0.00215. The summed E-state index contributed by atoms with van der Waals surface area (Å²) in [6, 6.07) is 5.04. The molecule has 0 amide bonds. The molecule has 1 aromatic rings. The number of carboxylic acids is 1. The molecule has 0 saturated carbocycles. The Hall–Kier alpha value is -1.26. The molecule has 1 atom stereocenters. The Morgan fingerprint density at radius 2 is 2.11 bits per heavy atom. The zero-order valence-corrected chi connectivity index (χ0v) is 12.1. The number of aliphatic carboxylic acids is 1. The molecule has 0 spiro atoms. The topological polar surface area (TPSA) is 66.8 Å². The molecule has 5 heteroatoms. The molecule has 0 aliphatic carbocycles. The van der Waals surface area contributed by atoms with Gasteiger partial charge in [-0.3, -0.25) is 4.79 Å². The Labute approximate surface area is 118 Å². The summed E-state index contributed by atoms with van der Waals surface area (Å²) >= 11 is 6.08. The average Bonchev–Trinajstić information content (AvgIpc) is 2.25. The van der Waals surface area contributed by atoms with Gasteiger partial charge in [-0.25, -0.2) is 0 Å². The third-order valence-electron chi connectivity index (χ3n) is 2.94. The van der Waals surface area contributed by atoms with Crippen LogP contribution in [0.15, 0.2) is 18.2 Å². The van der Waals surface area contributed by atoms with Gasteiger partial charge in [0.2, 0.25) is 0 Å². The van der Waals surface area contributed by atoms with Crippen LogP contribution >= 0.6 is 11.6 Å². The van der Waals surface area contributed by atoms with Crippen LogP contribution in [-0.4, -0.2) is 23.3 Å². The second-order valence-electron chi connectivity index (χ2n) is 5.34. The first kappa shape index (κ1) is 15.8. The summed E-state index contributed by atoms with van der Waals surface area (Å²) in [5, 5.41) is 19.4. The maximum atomic E-state index is 10.8. The summed E-state index contributed by atoms with van der Waals surface area (Å²) in [6.45, 7) is 3.61. The predicted molar refractivity (Wildman–Crippen MR) is 73.6 cm³/mol. The molecular formula is C14H19ClO4. The van der Waals surface area contributed by atoms with Crippen LogP contribution < -0.4 is 4.74 Å². The Morgan fingerprint density at radius 3 is 2.58 bits per heavy atom. The number of hydrogen-bond donors (Lipinski definition) is 2. The normalized spacial score (nSPS) is 13.1. The van der Waals surface area contributed by atoms with Crippen molar-refractivity contribution in [2.75, 3.05) is 7.11 Å². The van der Waals surface area contributed by atoms with E-state index in [1.807, 2.05) is 13.8 Å². The molecule has 4 nitrogen and oxygen atoms in total. The van der Waals surface area contributed by atoms with Crippen LogP contribution in [0.2, 0.25) is 5.02 Å². The van der Waals surface area contributed by atoms with Crippen LogP contribution in [0.4, 0.5) is 0 Å². The van der Waals surface area contributed by atoms with Gasteiger partial charge < -0.3 is 14.9 Å². The van der Waals surface area contributed by atoms with Gasteiger partial charge in [-0.15, -0.1) is 0 Å². The van der Waals surface area contributed by atoms with Crippen molar-refractivity contribution in [1.29, 1.82) is 0 Å². The second kappa shape index (κ2) is 6.26.